The van der Waals surface area contributed by atoms with Crippen molar-refractivity contribution in [1.82, 2.24) is 0 Å². The molecule has 3 nitrogen and oxygen atoms in total. The Labute approximate surface area is 120 Å². The summed E-state index contributed by atoms with van der Waals surface area (Å²) in [4.78, 5) is 11.4. The maximum atomic E-state index is 13.3. The number of aryl methyl sites for hydroxylation is 2. The predicted octanol–water partition coefficient (Wildman–Crippen LogP) is 3.36. The molecule has 0 spiro atoms. The second kappa shape index (κ2) is 5.61. The molecule has 2 aromatic carbocycles. The Morgan fingerprint density at radius 2 is 1.67 bits per heavy atom. The van der Waals surface area contributed by atoms with Crippen molar-refractivity contribution in [3.63, 3.8) is 0 Å². The number of halogens is 2. The molecular weight excluding hydrogens is 278 g/mol. The minimum absolute atomic E-state index is 0.0211. The Bertz CT molecular complexity index is 711. The van der Waals surface area contributed by atoms with Crippen LogP contribution in [0.5, 0.6) is 0 Å². The Balaban J connectivity index is 2.62. The monoisotopic (exact) mass is 292 g/mol. The van der Waals surface area contributed by atoms with Crippen LogP contribution >= 0.6 is 0 Å². The maximum absolute atomic E-state index is 13.3. The first-order valence-electron chi connectivity index (χ1n) is 6.29. The molecular formula is C16H14F2O3. The van der Waals surface area contributed by atoms with Gasteiger partial charge in [0.1, 0.15) is 6.10 Å². The van der Waals surface area contributed by atoms with Crippen LogP contribution in [0.3, 0.4) is 0 Å². The summed E-state index contributed by atoms with van der Waals surface area (Å²) in [6, 6.07) is 6.32. The number of aromatic carboxylic acids is 1. The van der Waals surface area contributed by atoms with E-state index in [1.54, 1.807) is 26.0 Å². The average Bonchev–Trinajstić information content (AvgIpc) is 2.43. The molecule has 1 unspecified atom stereocenters. The highest BCUT2D eigenvalue weighted by molar-refractivity contribution is 5.92. The van der Waals surface area contributed by atoms with E-state index in [0.29, 0.717) is 11.1 Å². The molecule has 1 atom stereocenters. The van der Waals surface area contributed by atoms with Crippen molar-refractivity contribution in [2.75, 3.05) is 0 Å². The summed E-state index contributed by atoms with van der Waals surface area (Å²) >= 11 is 0. The quantitative estimate of drug-likeness (QED) is 0.912. The fourth-order valence-corrected chi connectivity index (χ4v) is 2.32. The minimum Gasteiger partial charge on any atom is -0.478 e. The standard InChI is InChI=1S/C16H14F2O3/c1-8-3-4-9(2)14(16(20)21)13(8)15(19)10-5-6-11(17)12(18)7-10/h3-7,15,19H,1-2H3,(H,20,21). The van der Waals surface area contributed by atoms with Crippen LogP contribution in [0, 0.1) is 25.5 Å². The molecule has 0 fully saturated rings. The number of aliphatic hydroxyl groups is 1. The van der Waals surface area contributed by atoms with Crippen LogP contribution in [0.1, 0.15) is 38.7 Å². The number of rotatable bonds is 3. The molecule has 0 aromatic heterocycles. The fourth-order valence-electron chi connectivity index (χ4n) is 2.32. The van der Waals surface area contributed by atoms with E-state index < -0.39 is 23.7 Å². The second-order valence-electron chi connectivity index (χ2n) is 4.87. The predicted molar refractivity (Wildman–Crippen MR) is 73.3 cm³/mol. The van der Waals surface area contributed by atoms with Gasteiger partial charge in [-0.2, -0.15) is 0 Å². The molecule has 0 heterocycles. The van der Waals surface area contributed by atoms with E-state index in [1.165, 1.54) is 6.07 Å². The zero-order valence-corrected chi connectivity index (χ0v) is 11.5. The van der Waals surface area contributed by atoms with E-state index in [0.717, 1.165) is 12.1 Å². The third-order valence-corrected chi connectivity index (χ3v) is 3.42. The third kappa shape index (κ3) is 2.78. The molecule has 2 N–H and O–H groups in total. The van der Waals surface area contributed by atoms with E-state index in [1.807, 2.05) is 0 Å². The van der Waals surface area contributed by atoms with Crippen molar-refractivity contribution in [2.45, 2.75) is 20.0 Å². The van der Waals surface area contributed by atoms with Gasteiger partial charge in [-0.1, -0.05) is 18.2 Å². The Hall–Kier alpha value is -2.27. The van der Waals surface area contributed by atoms with Gasteiger partial charge in [-0.05, 0) is 42.7 Å². The number of hydrogen-bond donors (Lipinski definition) is 2. The molecule has 21 heavy (non-hydrogen) atoms. The molecule has 0 amide bonds. The molecule has 2 aromatic rings. The summed E-state index contributed by atoms with van der Waals surface area (Å²) in [7, 11) is 0. The zero-order valence-electron chi connectivity index (χ0n) is 11.5. The molecule has 5 heteroatoms. The number of aliphatic hydroxyl groups excluding tert-OH is 1. The zero-order chi connectivity index (χ0) is 15.7. The van der Waals surface area contributed by atoms with Crippen LogP contribution in [0.4, 0.5) is 8.78 Å². The lowest BCUT2D eigenvalue weighted by atomic mass is 9.90. The van der Waals surface area contributed by atoms with E-state index in [2.05, 4.69) is 0 Å². The number of hydrogen-bond acceptors (Lipinski definition) is 2. The molecule has 0 bridgehead atoms. The van der Waals surface area contributed by atoms with E-state index in [4.69, 9.17) is 0 Å². The first kappa shape index (κ1) is 15.1. The van der Waals surface area contributed by atoms with E-state index in [-0.39, 0.29) is 16.7 Å². The lowest BCUT2D eigenvalue weighted by molar-refractivity contribution is 0.0690. The van der Waals surface area contributed by atoms with Crippen LogP contribution in [-0.4, -0.2) is 16.2 Å². The fraction of sp³-hybridized carbons (Fsp3) is 0.188. The summed E-state index contributed by atoms with van der Waals surface area (Å²) in [5, 5.41) is 19.7. The first-order chi connectivity index (χ1) is 9.82. The third-order valence-electron chi connectivity index (χ3n) is 3.42. The maximum Gasteiger partial charge on any atom is 0.336 e. The SMILES string of the molecule is Cc1ccc(C)c(C(O)c2ccc(F)c(F)c2)c1C(=O)O. The van der Waals surface area contributed by atoms with Gasteiger partial charge in [-0.15, -0.1) is 0 Å². The van der Waals surface area contributed by atoms with Crippen LogP contribution in [-0.2, 0) is 0 Å². The normalized spacial score (nSPS) is 12.2. The number of carboxylic acids is 1. The highest BCUT2D eigenvalue weighted by Crippen LogP contribution is 2.30. The van der Waals surface area contributed by atoms with Crippen LogP contribution < -0.4 is 0 Å². The lowest BCUT2D eigenvalue weighted by Crippen LogP contribution is -2.12. The van der Waals surface area contributed by atoms with Crippen molar-refractivity contribution in [1.29, 1.82) is 0 Å². The Morgan fingerprint density at radius 1 is 1.05 bits per heavy atom. The van der Waals surface area contributed by atoms with Crippen molar-refractivity contribution >= 4 is 5.97 Å². The molecule has 0 saturated heterocycles. The topological polar surface area (TPSA) is 57.5 Å². The highest BCUT2D eigenvalue weighted by atomic mass is 19.2. The van der Waals surface area contributed by atoms with Gasteiger partial charge in [0, 0.05) is 5.56 Å². The van der Waals surface area contributed by atoms with Crippen LogP contribution in [0.15, 0.2) is 30.3 Å². The number of carboxylic acid groups (broad SMARTS) is 1. The molecule has 0 radical (unpaired) electrons. The Morgan fingerprint density at radius 3 is 2.24 bits per heavy atom. The molecule has 0 aliphatic rings. The van der Waals surface area contributed by atoms with Gasteiger partial charge in [0.2, 0.25) is 0 Å². The van der Waals surface area contributed by atoms with Gasteiger partial charge in [-0.3, -0.25) is 0 Å². The largest absolute Gasteiger partial charge is 0.478 e. The van der Waals surface area contributed by atoms with Crippen molar-refractivity contribution in [2.24, 2.45) is 0 Å². The molecule has 110 valence electrons. The molecule has 2 rings (SSSR count). The van der Waals surface area contributed by atoms with E-state index in [9.17, 15) is 23.8 Å². The summed E-state index contributed by atoms with van der Waals surface area (Å²) in [6.07, 6.45) is -1.34. The van der Waals surface area contributed by atoms with Gasteiger partial charge >= 0.3 is 5.97 Å². The summed E-state index contributed by atoms with van der Waals surface area (Å²) in [5.74, 6) is -3.29. The van der Waals surface area contributed by atoms with Gasteiger partial charge < -0.3 is 10.2 Å². The van der Waals surface area contributed by atoms with Crippen molar-refractivity contribution < 1.29 is 23.8 Å². The summed E-state index contributed by atoms with van der Waals surface area (Å²) in [6.45, 7) is 3.27. The van der Waals surface area contributed by atoms with Crippen LogP contribution in [0.25, 0.3) is 0 Å². The van der Waals surface area contributed by atoms with Crippen molar-refractivity contribution in [3.05, 3.63) is 69.8 Å². The smallest absolute Gasteiger partial charge is 0.336 e. The molecule has 0 aliphatic carbocycles. The first-order valence-corrected chi connectivity index (χ1v) is 6.29. The lowest BCUT2D eigenvalue weighted by Gasteiger charge is -2.18. The van der Waals surface area contributed by atoms with Gasteiger partial charge in [0.15, 0.2) is 11.6 Å². The minimum atomic E-state index is -1.34. The average molecular weight is 292 g/mol. The summed E-state index contributed by atoms with van der Waals surface area (Å²) < 4.78 is 26.3. The second-order valence-corrected chi connectivity index (χ2v) is 4.87. The molecule has 0 saturated carbocycles. The summed E-state index contributed by atoms with van der Waals surface area (Å²) in [5.41, 5.74) is 1.32. The van der Waals surface area contributed by atoms with E-state index >= 15 is 0 Å². The number of carbonyl (C=O) groups is 1. The van der Waals surface area contributed by atoms with Gasteiger partial charge in [0.05, 0.1) is 5.56 Å². The van der Waals surface area contributed by atoms with Crippen LogP contribution in [0.2, 0.25) is 0 Å². The highest BCUT2D eigenvalue weighted by Gasteiger charge is 2.23. The molecule has 0 aliphatic heterocycles. The van der Waals surface area contributed by atoms with Gasteiger partial charge in [0.25, 0.3) is 0 Å². The van der Waals surface area contributed by atoms with Crippen molar-refractivity contribution in [3.8, 4) is 0 Å². The van der Waals surface area contributed by atoms with Gasteiger partial charge in [-0.25, -0.2) is 13.6 Å². The Kier molecular flexibility index (Phi) is 4.04. The number of benzene rings is 2.